The van der Waals surface area contributed by atoms with E-state index < -0.39 is 0 Å². The molecule has 0 unspecified atom stereocenters. The zero-order valence-electron chi connectivity index (χ0n) is 41.9. The zero-order chi connectivity index (χ0) is 49.4. The van der Waals surface area contributed by atoms with Gasteiger partial charge in [0.2, 0.25) is 0 Å². The number of anilines is 3. The predicted octanol–water partition coefficient (Wildman–Crippen LogP) is 20.6. The van der Waals surface area contributed by atoms with Crippen LogP contribution in [0, 0.1) is 0 Å². The molecule has 0 spiro atoms. The second-order valence-corrected chi connectivity index (χ2v) is 22.3. The average molecular weight is 954 g/mol. The molecule has 0 saturated heterocycles. The summed E-state index contributed by atoms with van der Waals surface area (Å²) in [5.41, 5.74) is 22.0. The second kappa shape index (κ2) is 17.5. The number of rotatable bonds is 8. The van der Waals surface area contributed by atoms with Crippen LogP contribution in [0.15, 0.2) is 243 Å². The Morgan fingerprint density at radius 3 is 1.70 bits per heavy atom. The van der Waals surface area contributed by atoms with Crippen LogP contribution in [0.5, 0.6) is 0 Å². The number of nitrogens with zero attached hydrogens (tertiary/aromatic N) is 1. The number of hydrogen-bond acceptors (Lipinski definition) is 2. The summed E-state index contributed by atoms with van der Waals surface area (Å²) in [6, 6.07) is 90.7. The minimum Gasteiger partial charge on any atom is -0.309 e. The third kappa shape index (κ3) is 7.68. The number of benzene rings is 11. The van der Waals surface area contributed by atoms with Crippen molar-refractivity contribution in [3.8, 4) is 66.8 Å². The number of thiophene rings is 1. The molecule has 0 N–H and O–H groups in total. The first-order valence-corrected chi connectivity index (χ1v) is 26.4. The summed E-state index contributed by atoms with van der Waals surface area (Å²) < 4.78 is 2.65. The zero-order valence-corrected chi connectivity index (χ0v) is 42.8. The van der Waals surface area contributed by atoms with Crippen LogP contribution in [-0.2, 0) is 10.8 Å². The predicted molar refractivity (Wildman–Crippen MR) is 315 cm³/mol. The molecule has 12 aromatic rings. The van der Waals surface area contributed by atoms with Crippen molar-refractivity contribution in [3.05, 3.63) is 259 Å². The van der Waals surface area contributed by atoms with Gasteiger partial charge in [0.1, 0.15) is 0 Å². The molecule has 0 saturated carbocycles. The molecule has 1 aliphatic carbocycles. The Kier molecular flexibility index (Phi) is 10.7. The standard InChI is InChI=1S/C71H55NS/c1-70(2,3)54-38-34-47(35-39-54)46-26-28-48(29-27-46)53-37-42-65(61(44-53)49-16-7-6-8-17-49)72(55-40-41-64-62(45-55)58-20-11-13-24-63(58)71(64,4)5)66-43-36-50-18-9-10-19-56(50)68(66)52-32-30-51(31-33-52)57-22-15-23-60-59-21-12-14-25-67(59)73-69(57)60/h6-45H,1-5H3. The Hall–Kier alpha value is -8.30. The lowest BCUT2D eigenvalue weighted by Crippen LogP contribution is -2.16. The quantitative estimate of drug-likeness (QED) is 0.147. The summed E-state index contributed by atoms with van der Waals surface area (Å²) >= 11 is 1.88. The second-order valence-electron chi connectivity index (χ2n) is 21.3. The van der Waals surface area contributed by atoms with Crippen molar-refractivity contribution >= 4 is 59.3 Å². The highest BCUT2D eigenvalue weighted by atomic mass is 32.1. The van der Waals surface area contributed by atoms with Gasteiger partial charge in [-0.2, -0.15) is 0 Å². The van der Waals surface area contributed by atoms with Crippen LogP contribution < -0.4 is 4.90 Å². The van der Waals surface area contributed by atoms with E-state index in [0.29, 0.717) is 0 Å². The monoisotopic (exact) mass is 953 g/mol. The highest BCUT2D eigenvalue weighted by Gasteiger charge is 2.36. The summed E-state index contributed by atoms with van der Waals surface area (Å²) in [4.78, 5) is 2.54. The van der Waals surface area contributed by atoms with E-state index in [1.165, 1.54) is 103 Å². The van der Waals surface area contributed by atoms with Gasteiger partial charge in [-0.15, -0.1) is 11.3 Å². The Morgan fingerprint density at radius 1 is 0.370 bits per heavy atom. The SMILES string of the molecule is CC(C)(C)c1ccc(-c2ccc(-c3ccc(N(c4ccc5c(c4)-c4ccccc4C5(C)C)c4ccc5ccccc5c4-c4ccc(-c5cccc6c5sc5ccccc56)cc4)c(-c4ccccc4)c3)cc2)cc1. The molecule has 0 aliphatic heterocycles. The fourth-order valence-electron chi connectivity index (χ4n) is 11.6. The van der Waals surface area contributed by atoms with Crippen molar-refractivity contribution in [1.29, 1.82) is 0 Å². The molecule has 0 atom stereocenters. The van der Waals surface area contributed by atoms with Gasteiger partial charge in [-0.05, 0) is 125 Å². The Morgan fingerprint density at radius 2 is 0.932 bits per heavy atom. The molecule has 1 aliphatic rings. The lowest BCUT2D eigenvalue weighted by molar-refractivity contribution is 0.590. The molecular formula is C71H55NS. The first-order valence-electron chi connectivity index (χ1n) is 25.6. The average Bonchev–Trinajstić information content (AvgIpc) is 3.93. The lowest BCUT2D eigenvalue weighted by atomic mass is 9.82. The van der Waals surface area contributed by atoms with E-state index in [1.807, 2.05) is 11.3 Å². The molecule has 350 valence electrons. The molecule has 0 fully saturated rings. The highest BCUT2D eigenvalue weighted by molar-refractivity contribution is 7.26. The van der Waals surface area contributed by atoms with Gasteiger partial charge >= 0.3 is 0 Å². The summed E-state index contributed by atoms with van der Waals surface area (Å²) in [6.45, 7) is 11.5. The fourth-order valence-corrected chi connectivity index (χ4v) is 12.8. The van der Waals surface area contributed by atoms with Gasteiger partial charge in [-0.25, -0.2) is 0 Å². The Bertz CT molecular complexity index is 4060. The van der Waals surface area contributed by atoms with Crippen LogP contribution in [0.3, 0.4) is 0 Å². The molecule has 1 aromatic heterocycles. The molecule has 13 rings (SSSR count). The van der Waals surface area contributed by atoms with Gasteiger partial charge < -0.3 is 4.90 Å². The molecular weight excluding hydrogens is 899 g/mol. The topological polar surface area (TPSA) is 3.24 Å². The third-order valence-corrected chi connectivity index (χ3v) is 16.7. The lowest BCUT2D eigenvalue weighted by Gasteiger charge is -2.32. The summed E-state index contributed by atoms with van der Waals surface area (Å²) in [6.07, 6.45) is 0. The largest absolute Gasteiger partial charge is 0.309 e. The van der Waals surface area contributed by atoms with Crippen LogP contribution in [-0.4, -0.2) is 0 Å². The smallest absolute Gasteiger partial charge is 0.0546 e. The van der Waals surface area contributed by atoms with Crippen LogP contribution in [0.25, 0.3) is 97.7 Å². The Labute approximate surface area is 433 Å². The first-order chi connectivity index (χ1) is 35.6. The van der Waals surface area contributed by atoms with E-state index in [0.717, 1.165) is 28.2 Å². The van der Waals surface area contributed by atoms with Crippen molar-refractivity contribution in [1.82, 2.24) is 0 Å². The summed E-state index contributed by atoms with van der Waals surface area (Å²) in [5.74, 6) is 0. The molecule has 1 heterocycles. The molecule has 0 amide bonds. The van der Waals surface area contributed by atoms with Crippen molar-refractivity contribution in [2.24, 2.45) is 0 Å². The van der Waals surface area contributed by atoms with E-state index in [-0.39, 0.29) is 10.8 Å². The molecule has 73 heavy (non-hydrogen) atoms. The van der Waals surface area contributed by atoms with E-state index in [4.69, 9.17) is 0 Å². The van der Waals surface area contributed by atoms with Crippen molar-refractivity contribution < 1.29 is 0 Å². The first kappa shape index (κ1) is 44.6. The number of hydrogen-bond donors (Lipinski definition) is 0. The maximum Gasteiger partial charge on any atom is 0.0546 e. The third-order valence-electron chi connectivity index (χ3n) is 15.5. The minimum atomic E-state index is -0.117. The summed E-state index contributed by atoms with van der Waals surface area (Å²) in [7, 11) is 0. The fraction of sp³-hybridized carbons (Fsp3) is 0.0986. The molecule has 0 bridgehead atoms. The normalized spacial score (nSPS) is 12.8. The van der Waals surface area contributed by atoms with E-state index in [9.17, 15) is 0 Å². The van der Waals surface area contributed by atoms with Gasteiger partial charge in [-0.1, -0.05) is 241 Å². The van der Waals surface area contributed by atoms with Gasteiger partial charge in [0.15, 0.2) is 0 Å². The van der Waals surface area contributed by atoms with Gasteiger partial charge in [0.25, 0.3) is 0 Å². The van der Waals surface area contributed by atoms with E-state index >= 15 is 0 Å². The summed E-state index contributed by atoms with van der Waals surface area (Å²) in [5, 5.41) is 5.05. The van der Waals surface area contributed by atoms with Crippen LogP contribution in [0.1, 0.15) is 51.3 Å². The van der Waals surface area contributed by atoms with Crippen molar-refractivity contribution in [3.63, 3.8) is 0 Å². The van der Waals surface area contributed by atoms with Gasteiger partial charge in [0, 0.05) is 42.4 Å². The molecule has 0 radical (unpaired) electrons. The van der Waals surface area contributed by atoms with Crippen molar-refractivity contribution in [2.75, 3.05) is 4.90 Å². The van der Waals surface area contributed by atoms with Crippen LogP contribution in [0.2, 0.25) is 0 Å². The Balaban J connectivity index is 1.00. The van der Waals surface area contributed by atoms with Gasteiger partial charge in [-0.3, -0.25) is 0 Å². The van der Waals surface area contributed by atoms with Crippen molar-refractivity contribution in [2.45, 2.75) is 45.4 Å². The van der Waals surface area contributed by atoms with Gasteiger partial charge in [0.05, 0.1) is 11.4 Å². The number of fused-ring (bicyclic) bond motifs is 7. The maximum absolute atomic E-state index is 2.54. The maximum atomic E-state index is 2.54. The minimum absolute atomic E-state index is 0.113. The molecule has 2 heteroatoms. The van der Waals surface area contributed by atoms with Crippen LogP contribution in [0.4, 0.5) is 17.1 Å². The molecule has 11 aromatic carbocycles. The van der Waals surface area contributed by atoms with Crippen LogP contribution >= 0.6 is 11.3 Å². The molecule has 1 nitrogen and oxygen atoms in total. The van der Waals surface area contributed by atoms with E-state index in [1.54, 1.807) is 0 Å². The van der Waals surface area contributed by atoms with E-state index in [2.05, 4.69) is 282 Å². The highest BCUT2D eigenvalue weighted by Crippen LogP contribution is 2.53.